The predicted octanol–water partition coefficient (Wildman–Crippen LogP) is 2.20. The van der Waals surface area contributed by atoms with Gasteiger partial charge in [0, 0.05) is 13.0 Å². The Morgan fingerprint density at radius 2 is 1.81 bits per heavy atom. The number of nitrogens with one attached hydrogen (secondary N) is 1. The van der Waals surface area contributed by atoms with E-state index >= 15 is 0 Å². The standard InChI is InChI=1S/C20H22N4O3/c1-26-17-9-8-16(10-18(17)27-2)12-21-20(25)13-24-14-22-19(23-24)11-15-6-4-3-5-7-15/h3-10,14H,11-13H2,1-2H3,(H,21,25). The van der Waals surface area contributed by atoms with E-state index in [1.807, 2.05) is 48.5 Å². The number of amides is 1. The van der Waals surface area contributed by atoms with Crippen LogP contribution in [0.5, 0.6) is 11.5 Å². The molecule has 0 aliphatic heterocycles. The minimum Gasteiger partial charge on any atom is -0.493 e. The average Bonchev–Trinajstić information content (AvgIpc) is 3.13. The molecular formula is C20H22N4O3. The van der Waals surface area contributed by atoms with Crippen molar-refractivity contribution in [3.8, 4) is 11.5 Å². The Kier molecular flexibility index (Phi) is 6.04. The summed E-state index contributed by atoms with van der Waals surface area (Å²) in [4.78, 5) is 16.4. The third-order valence-corrected chi connectivity index (χ3v) is 4.03. The number of methoxy groups -OCH3 is 2. The van der Waals surface area contributed by atoms with Gasteiger partial charge >= 0.3 is 0 Å². The highest BCUT2D eigenvalue weighted by Crippen LogP contribution is 2.27. The van der Waals surface area contributed by atoms with Crippen LogP contribution < -0.4 is 14.8 Å². The molecule has 0 atom stereocenters. The van der Waals surface area contributed by atoms with E-state index in [0.717, 1.165) is 11.1 Å². The van der Waals surface area contributed by atoms with Gasteiger partial charge in [0.2, 0.25) is 5.91 Å². The number of hydrogen-bond donors (Lipinski definition) is 1. The summed E-state index contributed by atoms with van der Waals surface area (Å²) in [6.07, 6.45) is 2.22. The molecule has 0 aliphatic carbocycles. The molecule has 0 fully saturated rings. The molecule has 0 unspecified atom stereocenters. The lowest BCUT2D eigenvalue weighted by Gasteiger charge is -2.10. The van der Waals surface area contributed by atoms with Gasteiger partial charge in [-0.2, -0.15) is 5.10 Å². The molecule has 3 aromatic rings. The topological polar surface area (TPSA) is 78.3 Å². The van der Waals surface area contributed by atoms with Gasteiger partial charge in [0.05, 0.1) is 14.2 Å². The van der Waals surface area contributed by atoms with Gasteiger partial charge in [-0.1, -0.05) is 36.4 Å². The van der Waals surface area contributed by atoms with Crippen molar-refractivity contribution in [3.05, 3.63) is 71.8 Å². The number of benzene rings is 2. The van der Waals surface area contributed by atoms with Crippen molar-refractivity contribution in [2.24, 2.45) is 0 Å². The molecule has 0 bridgehead atoms. The Morgan fingerprint density at radius 1 is 1.04 bits per heavy atom. The van der Waals surface area contributed by atoms with Crippen molar-refractivity contribution < 1.29 is 14.3 Å². The Balaban J connectivity index is 1.52. The third kappa shape index (κ3) is 5.07. The molecule has 0 saturated heterocycles. The highest BCUT2D eigenvalue weighted by atomic mass is 16.5. The fourth-order valence-corrected chi connectivity index (χ4v) is 2.66. The summed E-state index contributed by atoms with van der Waals surface area (Å²) in [6.45, 7) is 0.514. The Hall–Kier alpha value is -3.35. The SMILES string of the molecule is COc1ccc(CNC(=O)Cn2cnc(Cc3ccccc3)n2)cc1OC. The Bertz CT molecular complexity index is 893. The number of hydrogen-bond acceptors (Lipinski definition) is 5. The van der Waals surface area contributed by atoms with Crippen LogP contribution in [0.25, 0.3) is 0 Å². The number of rotatable bonds is 8. The van der Waals surface area contributed by atoms with E-state index in [-0.39, 0.29) is 12.5 Å². The lowest BCUT2D eigenvalue weighted by molar-refractivity contribution is -0.122. The highest BCUT2D eigenvalue weighted by molar-refractivity contribution is 5.75. The van der Waals surface area contributed by atoms with Crippen LogP contribution in [-0.4, -0.2) is 34.9 Å². The van der Waals surface area contributed by atoms with Crippen molar-refractivity contribution in [1.82, 2.24) is 20.1 Å². The van der Waals surface area contributed by atoms with Crippen LogP contribution in [0.2, 0.25) is 0 Å². The summed E-state index contributed by atoms with van der Waals surface area (Å²) in [5.74, 6) is 1.84. The van der Waals surface area contributed by atoms with Gasteiger partial charge in [-0.05, 0) is 23.3 Å². The van der Waals surface area contributed by atoms with Crippen LogP contribution in [-0.2, 0) is 24.3 Å². The first-order valence-corrected chi connectivity index (χ1v) is 8.58. The van der Waals surface area contributed by atoms with Crippen molar-refractivity contribution in [3.63, 3.8) is 0 Å². The zero-order valence-electron chi connectivity index (χ0n) is 15.4. The Labute approximate surface area is 158 Å². The number of aromatic nitrogens is 3. The van der Waals surface area contributed by atoms with Gasteiger partial charge in [-0.15, -0.1) is 0 Å². The second-order valence-corrected chi connectivity index (χ2v) is 5.99. The van der Waals surface area contributed by atoms with E-state index in [4.69, 9.17) is 9.47 Å². The molecule has 3 rings (SSSR count). The fraction of sp³-hybridized carbons (Fsp3) is 0.250. The Morgan fingerprint density at radius 3 is 2.56 bits per heavy atom. The first-order chi connectivity index (χ1) is 13.2. The third-order valence-electron chi connectivity index (χ3n) is 4.03. The first-order valence-electron chi connectivity index (χ1n) is 8.58. The normalized spacial score (nSPS) is 10.4. The summed E-state index contributed by atoms with van der Waals surface area (Å²) in [5.41, 5.74) is 2.05. The lowest BCUT2D eigenvalue weighted by Crippen LogP contribution is -2.27. The zero-order valence-corrected chi connectivity index (χ0v) is 15.4. The van der Waals surface area contributed by atoms with Gasteiger partial charge in [-0.3, -0.25) is 4.79 Å². The van der Waals surface area contributed by atoms with Crippen LogP contribution >= 0.6 is 0 Å². The molecule has 1 N–H and O–H groups in total. The molecule has 27 heavy (non-hydrogen) atoms. The minimum atomic E-state index is -0.138. The lowest BCUT2D eigenvalue weighted by atomic mass is 10.1. The molecule has 7 nitrogen and oxygen atoms in total. The second-order valence-electron chi connectivity index (χ2n) is 5.99. The molecule has 2 aromatic carbocycles. The quantitative estimate of drug-likeness (QED) is 0.661. The van der Waals surface area contributed by atoms with Gasteiger partial charge in [0.15, 0.2) is 17.3 Å². The molecule has 140 valence electrons. The van der Waals surface area contributed by atoms with Gasteiger partial charge in [-0.25, -0.2) is 9.67 Å². The highest BCUT2D eigenvalue weighted by Gasteiger charge is 2.08. The number of carbonyl (C=O) groups excluding carboxylic acids is 1. The predicted molar refractivity (Wildman–Crippen MR) is 101 cm³/mol. The molecule has 1 amide bonds. The van der Waals surface area contributed by atoms with Crippen molar-refractivity contribution in [1.29, 1.82) is 0 Å². The van der Waals surface area contributed by atoms with E-state index in [0.29, 0.717) is 30.3 Å². The van der Waals surface area contributed by atoms with Crippen LogP contribution in [0.3, 0.4) is 0 Å². The maximum absolute atomic E-state index is 12.2. The van der Waals surface area contributed by atoms with Crippen molar-refractivity contribution in [2.75, 3.05) is 14.2 Å². The van der Waals surface area contributed by atoms with E-state index in [9.17, 15) is 4.79 Å². The molecule has 1 heterocycles. The monoisotopic (exact) mass is 366 g/mol. The van der Waals surface area contributed by atoms with Gasteiger partial charge in [0.25, 0.3) is 0 Å². The average molecular weight is 366 g/mol. The van der Waals surface area contributed by atoms with E-state index in [1.54, 1.807) is 25.2 Å². The van der Waals surface area contributed by atoms with Crippen LogP contribution in [0.1, 0.15) is 17.0 Å². The number of ether oxygens (including phenoxy) is 2. The van der Waals surface area contributed by atoms with Crippen LogP contribution in [0, 0.1) is 0 Å². The molecule has 0 saturated carbocycles. The van der Waals surface area contributed by atoms with Gasteiger partial charge < -0.3 is 14.8 Å². The second kappa shape index (κ2) is 8.84. The van der Waals surface area contributed by atoms with Crippen molar-refractivity contribution in [2.45, 2.75) is 19.5 Å². The summed E-state index contributed by atoms with van der Waals surface area (Å²) >= 11 is 0. The molecule has 7 heteroatoms. The summed E-state index contributed by atoms with van der Waals surface area (Å²) in [5, 5.41) is 7.23. The van der Waals surface area contributed by atoms with Gasteiger partial charge in [0.1, 0.15) is 12.9 Å². The molecule has 0 radical (unpaired) electrons. The van der Waals surface area contributed by atoms with Crippen LogP contribution in [0.15, 0.2) is 54.9 Å². The summed E-state index contributed by atoms with van der Waals surface area (Å²) in [7, 11) is 3.17. The first kappa shape index (κ1) is 18.4. The molecule has 0 spiro atoms. The fourth-order valence-electron chi connectivity index (χ4n) is 2.66. The zero-order chi connectivity index (χ0) is 19.1. The smallest absolute Gasteiger partial charge is 0.242 e. The molecular weight excluding hydrogens is 344 g/mol. The maximum atomic E-state index is 12.2. The van der Waals surface area contributed by atoms with Crippen LogP contribution in [0.4, 0.5) is 0 Å². The largest absolute Gasteiger partial charge is 0.493 e. The minimum absolute atomic E-state index is 0.120. The molecule has 0 aliphatic rings. The van der Waals surface area contributed by atoms with E-state index in [1.165, 1.54) is 0 Å². The van der Waals surface area contributed by atoms with Crippen molar-refractivity contribution >= 4 is 5.91 Å². The number of carbonyl (C=O) groups is 1. The van der Waals surface area contributed by atoms with E-state index in [2.05, 4.69) is 15.4 Å². The maximum Gasteiger partial charge on any atom is 0.242 e. The number of nitrogens with zero attached hydrogens (tertiary/aromatic N) is 3. The molecule has 1 aromatic heterocycles. The van der Waals surface area contributed by atoms with E-state index < -0.39 is 0 Å². The summed E-state index contributed by atoms with van der Waals surface area (Å²) in [6, 6.07) is 15.5. The summed E-state index contributed by atoms with van der Waals surface area (Å²) < 4.78 is 12.0.